The van der Waals surface area contributed by atoms with Crippen molar-refractivity contribution in [2.45, 2.75) is 6.42 Å². The standard InChI is InChI=1S/C17H18INO/c1-19(12-11-14-7-5-6-10-16(14)18)13-17(20)15-8-3-2-4-9-15/h2-10H,11-13H2,1H3. The number of hydrogen-bond donors (Lipinski definition) is 0. The zero-order chi connectivity index (χ0) is 14.4. The van der Waals surface area contributed by atoms with Gasteiger partial charge in [-0.1, -0.05) is 48.5 Å². The molecule has 0 saturated carbocycles. The Morgan fingerprint density at radius 3 is 2.40 bits per heavy atom. The van der Waals surface area contributed by atoms with Crippen molar-refractivity contribution < 1.29 is 4.79 Å². The van der Waals surface area contributed by atoms with E-state index in [9.17, 15) is 4.79 Å². The van der Waals surface area contributed by atoms with Gasteiger partial charge in [-0.25, -0.2) is 0 Å². The number of rotatable bonds is 6. The van der Waals surface area contributed by atoms with E-state index in [2.05, 4.69) is 45.7 Å². The van der Waals surface area contributed by atoms with E-state index in [-0.39, 0.29) is 5.78 Å². The van der Waals surface area contributed by atoms with Crippen LogP contribution >= 0.6 is 22.6 Å². The van der Waals surface area contributed by atoms with Crippen molar-refractivity contribution in [1.29, 1.82) is 0 Å². The number of halogens is 1. The topological polar surface area (TPSA) is 20.3 Å². The predicted octanol–water partition coefficient (Wildman–Crippen LogP) is 3.65. The summed E-state index contributed by atoms with van der Waals surface area (Å²) in [6, 6.07) is 17.9. The summed E-state index contributed by atoms with van der Waals surface area (Å²) in [4.78, 5) is 14.2. The smallest absolute Gasteiger partial charge is 0.176 e. The van der Waals surface area contributed by atoms with Crippen molar-refractivity contribution in [1.82, 2.24) is 4.90 Å². The molecule has 0 aliphatic carbocycles. The van der Waals surface area contributed by atoms with Crippen LogP contribution < -0.4 is 0 Å². The van der Waals surface area contributed by atoms with Gasteiger partial charge in [0.2, 0.25) is 0 Å². The molecule has 0 aliphatic rings. The highest BCUT2D eigenvalue weighted by molar-refractivity contribution is 14.1. The van der Waals surface area contributed by atoms with Gasteiger partial charge in [0.05, 0.1) is 6.54 Å². The molecule has 0 unspecified atom stereocenters. The maximum Gasteiger partial charge on any atom is 0.176 e. The summed E-state index contributed by atoms with van der Waals surface area (Å²) in [5.41, 5.74) is 2.13. The minimum atomic E-state index is 0.177. The monoisotopic (exact) mass is 379 g/mol. The molecular weight excluding hydrogens is 361 g/mol. The highest BCUT2D eigenvalue weighted by Gasteiger charge is 2.09. The molecule has 0 N–H and O–H groups in total. The fourth-order valence-electron chi connectivity index (χ4n) is 2.05. The van der Waals surface area contributed by atoms with E-state index in [1.807, 2.05) is 43.4 Å². The lowest BCUT2D eigenvalue weighted by atomic mass is 10.1. The molecule has 104 valence electrons. The van der Waals surface area contributed by atoms with Crippen molar-refractivity contribution in [3.05, 3.63) is 69.3 Å². The number of Topliss-reactive ketones (excluding diaryl/α,β-unsaturated/α-hetero) is 1. The van der Waals surface area contributed by atoms with Gasteiger partial charge in [-0.3, -0.25) is 9.69 Å². The van der Waals surface area contributed by atoms with Crippen LogP contribution in [-0.2, 0) is 6.42 Å². The largest absolute Gasteiger partial charge is 0.299 e. The Morgan fingerprint density at radius 1 is 1.05 bits per heavy atom. The number of carbonyl (C=O) groups excluding carboxylic acids is 1. The van der Waals surface area contributed by atoms with Gasteiger partial charge in [0, 0.05) is 15.7 Å². The van der Waals surface area contributed by atoms with E-state index in [1.165, 1.54) is 9.13 Å². The Morgan fingerprint density at radius 2 is 1.70 bits per heavy atom. The van der Waals surface area contributed by atoms with Crippen LogP contribution in [0.2, 0.25) is 0 Å². The van der Waals surface area contributed by atoms with Crippen LogP contribution in [0, 0.1) is 3.57 Å². The first-order chi connectivity index (χ1) is 9.66. The molecule has 0 radical (unpaired) electrons. The van der Waals surface area contributed by atoms with Crippen molar-refractivity contribution in [2.24, 2.45) is 0 Å². The maximum absolute atomic E-state index is 12.1. The Balaban J connectivity index is 1.86. The summed E-state index contributed by atoms with van der Waals surface area (Å²) < 4.78 is 1.29. The molecule has 0 heterocycles. The van der Waals surface area contributed by atoms with E-state index in [0.29, 0.717) is 6.54 Å². The average molecular weight is 379 g/mol. The van der Waals surface area contributed by atoms with Crippen molar-refractivity contribution >= 4 is 28.4 Å². The molecule has 0 saturated heterocycles. The van der Waals surface area contributed by atoms with Gasteiger partial charge in [0.15, 0.2) is 5.78 Å². The van der Waals surface area contributed by atoms with Crippen LogP contribution in [0.4, 0.5) is 0 Å². The molecule has 2 aromatic carbocycles. The molecule has 2 aromatic rings. The van der Waals surface area contributed by atoms with Crippen molar-refractivity contribution in [3.63, 3.8) is 0 Å². The van der Waals surface area contributed by atoms with Crippen LogP contribution in [-0.4, -0.2) is 30.8 Å². The van der Waals surface area contributed by atoms with Gasteiger partial charge in [-0.2, -0.15) is 0 Å². The third-order valence-corrected chi connectivity index (χ3v) is 4.28. The van der Waals surface area contributed by atoms with Gasteiger partial charge in [-0.15, -0.1) is 0 Å². The molecule has 0 bridgehead atoms. The Bertz CT molecular complexity index is 568. The third kappa shape index (κ3) is 4.42. The normalized spacial score (nSPS) is 10.8. The zero-order valence-electron chi connectivity index (χ0n) is 11.6. The molecule has 2 nitrogen and oxygen atoms in total. The van der Waals surface area contributed by atoms with Crippen LogP contribution in [0.3, 0.4) is 0 Å². The number of ketones is 1. The van der Waals surface area contributed by atoms with Gasteiger partial charge in [0.1, 0.15) is 0 Å². The predicted molar refractivity (Wildman–Crippen MR) is 91.1 cm³/mol. The van der Waals surface area contributed by atoms with E-state index in [4.69, 9.17) is 0 Å². The molecule has 0 amide bonds. The summed E-state index contributed by atoms with van der Waals surface area (Å²) in [6.45, 7) is 1.35. The van der Waals surface area contributed by atoms with Crippen LogP contribution in [0.15, 0.2) is 54.6 Å². The fourth-order valence-corrected chi connectivity index (χ4v) is 2.71. The van der Waals surface area contributed by atoms with E-state index >= 15 is 0 Å². The number of benzene rings is 2. The van der Waals surface area contributed by atoms with E-state index < -0.39 is 0 Å². The minimum Gasteiger partial charge on any atom is -0.299 e. The molecule has 3 heteroatoms. The second-order valence-electron chi connectivity index (χ2n) is 4.87. The number of carbonyl (C=O) groups is 1. The van der Waals surface area contributed by atoms with Crippen LogP contribution in [0.5, 0.6) is 0 Å². The first-order valence-electron chi connectivity index (χ1n) is 6.67. The Kier molecular flexibility index (Phi) is 5.73. The maximum atomic E-state index is 12.1. The Labute approximate surface area is 133 Å². The van der Waals surface area contributed by atoms with Gasteiger partial charge in [0.25, 0.3) is 0 Å². The summed E-state index contributed by atoms with van der Waals surface area (Å²) in [6.07, 6.45) is 0.970. The van der Waals surface area contributed by atoms with E-state index in [0.717, 1.165) is 18.5 Å². The lowest BCUT2D eigenvalue weighted by Gasteiger charge is -2.16. The lowest BCUT2D eigenvalue weighted by molar-refractivity contribution is 0.0947. The molecule has 0 fully saturated rings. The summed E-state index contributed by atoms with van der Waals surface area (Å²) in [7, 11) is 2.00. The third-order valence-electron chi connectivity index (χ3n) is 3.23. The molecule has 0 aliphatic heterocycles. The average Bonchev–Trinajstić information content (AvgIpc) is 2.47. The number of likely N-dealkylation sites (N-methyl/N-ethyl adjacent to an activating group) is 1. The van der Waals surface area contributed by atoms with Crippen molar-refractivity contribution in [2.75, 3.05) is 20.1 Å². The molecule has 0 spiro atoms. The van der Waals surface area contributed by atoms with Crippen LogP contribution in [0.1, 0.15) is 15.9 Å². The number of nitrogens with zero attached hydrogens (tertiary/aromatic N) is 1. The van der Waals surface area contributed by atoms with E-state index in [1.54, 1.807) is 0 Å². The van der Waals surface area contributed by atoms with Crippen LogP contribution in [0.25, 0.3) is 0 Å². The number of hydrogen-bond acceptors (Lipinski definition) is 2. The fraction of sp³-hybridized carbons (Fsp3) is 0.235. The summed E-state index contributed by atoms with van der Waals surface area (Å²) in [5, 5.41) is 0. The van der Waals surface area contributed by atoms with Gasteiger partial charge in [-0.05, 0) is 47.7 Å². The first-order valence-corrected chi connectivity index (χ1v) is 7.75. The zero-order valence-corrected chi connectivity index (χ0v) is 13.7. The summed E-state index contributed by atoms with van der Waals surface area (Å²) >= 11 is 2.36. The SMILES string of the molecule is CN(CCc1ccccc1I)CC(=O)c1ccccc1. The second kappa shape index (κ2) is 7.55. The van der Waals surface area contributed by atoms with Gasteiger partial charge < -0.3 is 0 Å². The highest BCUT2D eigenvalue weighted by atomic mass is 127. The second-order valence-corrected chi connectivity index (χ2v) is 6.03. The molecule has 0 atom stereocenters. The Hall–Kier alpha value is -1.20. The van der Waals surface area contributed by atoms with Crippen molar-refractivity contribution in [3.8, 4) is 0 Å². The molecule has 0 aromatic heterocycles. The molecular formula is C17H18INO. The summed E-state index contributed by atoms with van der Waals surface area (Å²) in [5.74, 6) is 0.177. The molecule has 2 rings (SSSR count). The lowest BCUT2D eigenvalue weighted by Crippen LogP contribution is -2.28. The molecule has 20 heavy (non-hydrogen) atoms. The van der Waals surface area contributed by atoms with Gasteiger partial charge >= 0.3 is 0 Å². The quantitative estimate of drug-likeness (QED) is 0.564. The first kappa shape index (κ1) is 15.2. The highest BCUT2D eigenvalue weighted by Crippen LogP contribution is 2.12. The minimum absolute atomic E-state index is 0.177.